The van der Waals surface area contributed by atoms with E-state index >= 15 is 0 Å². The number of allylic oxidation sites excluding steroid dienone is 1. The number of halogens is 3. The average Bonchev–Trinajstić information content (AvgIpc) is 3.64. The maximum atomic E-state index is 13.4. The van der Waals surface area contributed by atoms with E-state index in [0.29, 0.717) is 35.4 Å². The molecule has 0 fully saturated rings. The summed E-state index contributed by atoms with van der Waals surface area (Å²) in [5.74, 6) is -0.298. The van der Waals surface area contributed by atoms with Crippen LogP contribution in [0.15, 0.2) is 79.0 Å². The molecule has 222 valence electrons. The molecule has 0 bridgehead atoms. The lowest BCUT2D eigenvalue weighted by Gasteiger charge is -2.14. The van der Waals surface area contributed by atoms with Gasteiger partial charge in [-0.15, -0.1) is 18.3 Å². The number of aromatic amines is 1. The number of H-pyrrole nitrogens is 1. The van der Waals surface area contributed by atoms with E-state index in [1.54, 1.807) is 18.3 Å². The van der Waals surface area contributed by atoms with Crippen molar-refractivity contribution in [3.8, 4) is 5.75 Å². The van der Waals surface area contributed by atoms with E-state index in [-0.39, 0.29) is 23.7 Å². The Hall–Kier alpha value is -4.81. The van der Waals surface area contributed by atoms with Crippen LogP contribution in [0.2, 0.25) is 0 Å². The fourth-order valence-corrected chi connectivity index (χ4v) is 4.49. The highest BCUT2D eigenvalue weighted by molar-refractivity contribution is 6.16. The Labute approximate surface area is 244 Å². The summed E-state index contributed by atoms with van der Waals surface area (Å²) in [6.45, 7) is 4.84. The quantitative estimate of drug-likeness (QED) is 0.129. The molecular weight excluding hydrogens is 563 g/mol. The Morgan fingerprint density at radius 2 is 1.81 bits per heavy atom. The van der Waals surface area contributed by atoms with Gasteiger partial charge in [0.05, 0.1) is 6.61 Å². The van der Waals surface area contributed by atoms with E-state index in [1.807, 2.05) is 67.0 Å². The first-order valence-electron chi connectivity index (χ1n) is 13.4. The van der Waals surface area contributed by atoms with E-state index in [0.717, 1.165) is 16.7 Å². The number of benzene rings is 3. The molecule has 0 amide bonds. The van der Waals surface area contributed by atoms with Gasteiger partial charge in [0.2, 0.25) is 12.1 Å². The van der Waals surface area contributed by atoms with Crippen molar-refractivity contribution in [2.45, 2.75) is 39.7 Å². The molecule has 43 heavy (non-hydrogen) atoms. The van der Waals surface area contributed by atoms with Gasteiger partial charge >= 0.3 is 6.36 Å². The summed E-state index contributed by atoms with van der Waals surface area (Å²) in [6.07, 6.45) is -0.0697. The third kappa shape index (κ3) is 7.53. The molecule has 1 atom stereocenters. The molecule has 0 aliphatic carbocycles. The number of rotatable bonds is 12. The van der Waals surface area contributed by atoms with Crippen molar-refractivity contribution in [2.24, 2.45) is 0 Å². The van der Waals surface area contributed by atoms with Crippen LogP contribution in [-0.2, 0) is 22.6 Å². The number of carbonyl (C=O) groups is 1. The number of ketones is 1. The minimum Gasteiger partial charge on any atom is -0.406 e. The van der Waals surface area contributed by atoms with Gasteiger partial charge in [0.25, 0.3) is 0 Å². The lowest BCUT2D eigenvalue weighted by Crippen LogP contribution is -2.17. The number of alkyl halides is 3. The van der Waals surface area contributed by atoms with Crippen LogP contribution in [0.25, 0.3) is 17.0 Å². The molecular formula is C31H28F3N5O4. The molecule has 0 saturated heterocycles. The number of carbonyl (C=O) groups excluding carboxylic acids is 1. The largest absolute Gasteiger partial charge is 0.573 e. The Bertz CT molecular complexity index is 1700. The number of hydrogen-bond acceptors (Lipinski definition) is 7. The summed E-state index contributed by atoms with van der Waals surface area (Å²) >= 11 is 0. The van der Waals surface area contributed by atoms with Gasteiger partial charge in [-0.3, -0.25) is 4.79 Å². The summed E-state index contributed by atoms with van der Waals surface area (Å²) in [5.41, 5.74) is 4.17. The van der Waals surface area contributed by atoms with Crippen molar-refractivity contribution in [2.75, 3.05) is 6.61 Å². The van der Waals surface area contributed by atoms with E-state index in [1.165, 1.54) is 18.2 Å². The molecule has 0 aliphatic rings. The predicted octanol–water partition coefficient (Wildman–Crippen LogP) is 6.56. The van der Waals surface area contributed by atoms with Crippen LogP contribution in [0.1, 0.15) is 51.6 Å². The van der Waals surface area contributed by atoms with Gasteiger partial charge in [-0.1, -0.05) is 66.2 Å². The molecule has 0 spiro atoms. The maximum Gasteiger partial charge on any atom is 0.573 e. The van der Waals surface area contributed by atoms with E-state index in [4.69, 9.17) is 9.47 Å². The second-order valence-corrected chi connectivity index (χ2v) is 9.65. The van der Waals surface area contributed by atoms with Crippen LogP contribution < -0.4 is 4.74 Å². The third-order valence-electron chi connectivity index (χ3n) is 6.54. The van der Waals surface area contributed by atoms with Crippen molar-refractivity contribution >= 4 is 22.8 Å². The molecule has 12 heteroatoms. The van der Waals surface area contributed by atoms with Crippen LogP contribution in [0.4, 0.5) is 13.2 Å². The summed E-state index contributed by atoms with van der Waals surface area (Å²) in [6, 6.07) is 18.8. The zero-order valence-corrected chi connectivity index (χ0v) is 23.3. The van der Waals surface area contributed by atoms with E-state index in [2.05, 4.69) is 25.4 Å². The molecule has 1 N–H and O–H groups in total. The van der Waals surface area contributed by atoms with Crippen LogP contribution in [0.3, 0.4) is 0 Å². The SMILES string of the molecule is CCO[C@@H](OCc1ccc(/C=C/Cn2cc(C(=O)c3ccc(C)cc3)c3cc(OC(F)(F)F)ccc32)cc1)c1nnn[nH]1. The number of nitrogens with one attached hydrogen (secondary N) is 1. The zero-order valence-electron chi connectivity index (χ0n) is 23.3. The first kappa shape index (κ1) is 29.7. The highest BCUT2D eigenvalue weighted by Crippen LogP contribution is 2.31. The number of ether oxygens (including phenoxy) is 3. The average molecular weight is 592 g/mol. The lowest BCUT2D eigenvalue weighted by atomic mass is 10.0. The number of fused-ring (bicyclic) bond motifs is 1. The zero-order chi connectivity index (χ0) is 30.4. The predicted molar refractivity (Wildman–Crippen MR) is 152 cm³/mol. The highest BCUT2D eigenvalue weighted by Gasteiger charge is 2.31. The van der Waals surface area contributed by atoms with Crippen LogP contribution in [0.5, 0.6) is 5.75 Å². The molecule has 2 aromatic heterocycles. The second kappa shape index (κ2) is 13.0. The molecule has 5 aromatic rings. The van der Waals surface area contributed by atoms with Crippen LogP contribution in [-0.4, -0.2) is 43.9 Å². The summed E-state index contributed by atoms with van der Waals surface area (Å²) < 4.78 is 56.0. The van der Waals surface area contributed by atoms with Gasteiger partial charge in [-0.05, 0) is 53.6 Å². The normalized spacial score (nSPS) is 12.7. The van der Waals surface area contributed by atoms with Crippen molar-refractivity contribution in [1.29, 1.82) is 0 Å². The molecule has 3 aromatic carbocycles. The van der Waals surface area contributed by atoms with Gasteiger partial charge in [-0.25, -0.2) is 5.10 Å². The highest BCUT2D eigenvalue weighted by atomic mass is 19.4. The lowest BCUT2D eigenvalue weighted by molar-refractivity contribution is -0.274. The minimum absolute atomic E-state index is 0.280. The van der Waals surface area contributed by atoms with Gasteiger partial charge in [0, 0.05) is 41.4 Å². The number of aryl methyl sites for hydroxylation is 1. The van der Waals surface area contributed by atoms with Gasteiger partial charge in [0.1, 0.15) is 5.75 Å². The van der Waals surface area contributed by atoms with Crippen molar-refractivity contribution < 1.29 is 32.2 Å². The summed E-state index contributed by atoms with van der Waals surface area (Å²) in [7, 11) is 0. The molecule has 5 rings (SSSR count). The Balaban J connectivity index is 1.32. The monoisotopic (exact) mass is 591 g/mol. The first-order chi connectivity index (χ1) is 20.7. The smallest absolute Gasteiger partial charge is 0.406 e. The Kier molecular flexibility index (Phi) is 8.98. The van der Waals surface area contributed by atoms with Crippen LogP contribution in [0, 0.1) is 6.92 Å². The number of aromatic nitrogens is 5. The molecule has 0 aliphatic heterocycles. The van der Waals surface area contributed by atoms with Crippen molar-refractivity contribution in [1.82, 2.24) is 25.2 Å². The van der Waals surface area contributed by atoms with Crippen molar-refractivity contribution in [3.05, 3.63) is 113 Å². The fourth-order valence-electron chi connectivity index (χ4n) is 4.49. The number of nitrogens with zero attached hydrogens (tertiary/aromatic N) is 4. The molecule has 0 unspecified atom stereocenters. The standard InChI is InChI=1S/C31H28F3N5O4/c1-3-41-30(29-35-37-38-36-29)42-19-22-10-8-21(9-11-22)5-4-16-39-18-26(28(40)23-12-6-20(2)7-13-23)25-17-24(14-15-27(25)39)43-31(32,33)34/h4-15,17-18,30H,3,16,19H2,1-2H3,(H,35,36,37,38)/b5-4+/t30-/m0/s1. The fraction of sp³-hybridized carbons (Fsp3) is 0.226. The molecule has 9 nitrogen and oxygen atoms in total. The molecule has 0 radical (unpaired) electrons. The van der Waals surface area contributed by atoms with Crippen molar-refractivity contribution in [3.63, 3.8) is 0 Å². The van der Waals surface area contributed by atoms with Gasteiger partial charge < -0.3 is 18.8 Å². The first-order valence-corrected chi connectivity index (χ1v) is 13.4. The Morgan fingerprint density at radius 3 is 2.49 bits per heavy atom. The number of hydrogen-bond donors (Lipinski definition) is 1. The van der Waals surface area contributed by atoms with Gasteiger partial charge in [0.15, 0.2) is 5.78 Å². The Morgan fingerprint density at radius 1 is 1.05 bits per heavy atom. The second-order valence-electron chi connectivity index (χ2n) is 9.65. The van der Waals surface area contributed by atoms with E-state index < -0.39 is 12.7 Å². The topological polar surface area (TPSA) is 104 Å². The minimum atomic E-state index is -4.85. The third-order valence-corrected chi connectivity index (χ3v) is 6.54. The summed E-state index contributed by atoms with van der Waals surface area (Å²) in [5, 5.41) is 13.9. The number of tetrazole rings is 1. The van der Waals surface area contributed by atoms with Gasteiger partial charge in [-0.2, -0.15) is 0 Å². The molecule has 0 saturated carbocycles. The summed E-state index contributed by atoms with van der Waals surface area (Å²) in [4.78, 5) is 13.4. The molecule has 2 heterocycles. The maximum absolute atomic E-state index is 13.4. The van der Waals surface area contributed by atoms with E-state index in [9.17, 15) is 18.0 Å². The van der Waals surface area contributed by atoms with Crippen LogP contribution >= 0.6 is 0 Å².